The summed E-state index contributed by atoms with van der Waals surface area (Å²) in [5.74, 6) is -2.13. The van der Waals surface area contributed by atoms with Gasteiger partial charge in [-0.2, -0.15) is 0 Å². The highest BCUT2D eigenvalue weighted by Crippen LogP contribution is 2.24. The van der Waals surface area contributed by atoms with Gasteiger partial charge < -0.3 is 4.90 Å². The molecule has 88 valence electrons. The Morgan fingerprint density at radius 2 is 1.35 bits per heavy atom. The van der Waals surface area contributed by atoms with Crippen LogP contribution in [0.3, 0.4) is 0 Å². The molecule has 0 aliphatic heterocycles. The molecule has 17 heavy (non-hydrogen) atoms. The van der Waals surface area contributed by atoms with Gasteiger partial charge in [-0.15, -0.1) is 0 Å². The summed E-state index contributed by atoms with van der Waals surface area (Å²) in [5.41, 5.74) is 1.19. The Morgan fingerprint density at radius 1 is 0.765 bits per heavy atom. The van der Waals surface area contributed by atoms with Crippen molar-refractivity contribution < 1.29 is 13.2 Å². The van der Waals surface area contributed by atoms with Gasteiger partial charge in [0.2, 0.25) is 0 Å². The minimum atomic E-state index is -0.906. The van der Waals surface area contributed by atoms with Crippen LogP contribution in [0.4, 0.5) is 24.5 Å². The fraction of sp³-hybridized carbons (Fsp3) is 0.0769. The van der Waals surface area contributed by atoms with Gasteiger partial charge in [0.15, 0.2) is 11.6 Å². The van der Waals surface area contributed by atoms with Gasteiger partial charge in [0.1, 0.15) is 5.82 Å². The van der Waals surface area contributed by atoms with Crippen molar-refractivity contribution in [1.82, 2.24) is 0 Å². The summed E-state index contributed by atoms with van der Waals surface area (Å²) in [6, 6.07) is 9.37. The molecule has 0 radical (unpaired) electrons. The molecule has 0 fully saturated rings. The molecule has 0 aromatic heterocycles. The van der Waals surface area contributed by atoms with E-state index in [1.807, 2.05) is 0 Å². The van der Waals surface area contributed by atoms with Crippen LogP contribution < -0.4 is 4.90 Å². The second-order valence-corrected chi connectivity index (χ2v) is 3.63. The molecule has 0 heterocycles. The summed E-state index contributed by atoms with van der Waals surface area (Å²) in [7, 11) is 1.69. The predicted octanol–water partition coefficient (Wildman–Crippen LogP) is 3.87. The predicted molar refractivity (Wildman–Crippen MR) is 60.8 cm³/mol. The molecule has 2 rings (SSSR count). The summed E-state index contributed by atoms with van der Waals surface area (Å²) in [5, 5.41) is 0. The Bertz CT molecular complexity index is 523. The highest BCUT2D eigenvalue weighted by atomic mass is 19.2. The molecule has 2 aromatic carbocycles. The third-order valence-electron chi connectivity index (χ3n) is 2.50. The lowest BCUT2D eigenvalue weighted by molar-refractivity contribution is 0.509. The fourth-order valence-electron chi connectivity index (χ4n) is 1.51. The van der Waals surface area contributed by atoms with Crippen LogP contribution in [0.25, 0.3) is 0 Å². The molecule has 0 atom stereocenters. The molecule has 0 saturated heterocycles. The Morgan fingerprint density at radius 3 is 1.94 bits per heavy atom. The van der Waals surface area contributed by atoms with Crippen LogP contribution >= 0.6 is 0 Å². The van der Waals surface area contributed by atoms with Crippen molar-refractivity contribution in [2.75, 3.05) is 11.9 Å². The fourth-order valence-corrected chi connectivity index (χ4v) is 1.51. The first kappa shape index (κ1) is 11.5. The van der Waals surface area contributed by atoms with E-state index >= 15 is 0 Å². The standard InChI is InChI=1S/C13H10F3N/c1-17(10-4-2-9(14)3-5-10)11-6-7-12(15)13(16)8-11/h2-8H,1H3. The SMILES string of the molecule is CN(c1ccc(F)cc1)c1ccc(F)c(F)c1. The maximum Gasteiger partial charge on any atom is 0.160 e. The third-order valence-corrected chi connectivity index (χ3v) is 2.50. The zero-order valence-corrected chi connectivity index (χ0v) is 9.12. The van der Waals surface area contributed by atoms with E-state index in [-0.39, 0.29) is 5.82 Å². The molecule has 0 N–H and O–H groups in total. The molecule has 4 heteroatoms. The summed E-state index contributed by atoms with van der Waals surface area (Å²) in [6.07, 6.45) is 0. The maximum atomic E-state index is 13.1. The lowest BCUT2D eigenvalue weighted by atomic mass is 10.2. The van der Waals surface area contributed by atoms with Gasteiger partial charge in [0, 0.05) is 24.5 Å². The van der Waals surface area contributed by atoms with Gasteiger partial charge in [-0.1, -0.05) is 0 Å². The highest BCUT2D eigenvalue weighted by molar-refractivity contribution is 5.62. The first-order chi connectivity index (χ1) is 8.08. The van der Waals surface area contributed by atoms with Crippen molar-refractivity contribution in [3.05, 3.63) is 59.9 Å². The second kappa shape index (κ2) is 4.49. The van der Waals surface area contributed by atoms with Crippen LogP contribution in [0.5, 0.6) is 0 Å². The van der Waals surface area contributed by atoms with Crippen molar-refractivity contribution in [3.63, 3.8) is 0 Å². The van der Waals surface area contributed by atoms with E-state index in [2.05, 4.69) is 0 Å². The zero-order valence-electron chi connectivity index (χ0n) is 9.12. The lowest BCUT2D eigenvalue weighted by Crippen LogP contribution is -2.09. The van der Waals surface area contributed by atoms with E-state index in [0.717, 1.165) is 12.1 Å². The van der Waals surface area contributed by atoms with Gasteiger partial charge in [-0.25, -0.2) is 13.2 Å². The molecule has 0 amide bonds. The molecule has 2 aromatic rings. The maximum absolute atomic E-state index is 13.1. The summed E-state index contributed by atoms with van der Waals surface area (Å²) < 4.78 is 38.6. The Balaban J connectivity index is 2.33. The average molecular weight is 237 g/mol. The first-order valence-electron chi connectivity index (χ1n) is 5.02. The minimum absolute atomic E-state index is 0.340. The van der Waals surface area contributed by atoms with Crippen molar-refractivity contribution >= 4 is 11.4 Å². The Hall–Kier alpha value is -1.97. The molecule has 0 spiro atoms. The monoisotopic (exact) mass is 237 g/mol. The Kier molecular flexibility index (Phi) is 3.04. The molecule has 1 nitrogen and oxygen atoms in total. The number of benzene rings is 2. The summed E-state index contributed by atoms with van der Waals surface area (Å²) in [6.45, 7) is 0. The third kappa shape index (κ3) is 2.41. The molecule has 0 unspecified atom stereocenters. The number of hydrogen-bond donors (Lipinski definition) is 0. The van der Waals surface area contributed by atoms with Gasteiger partial charge in [-0.05, 0) is 36.4 Å². The van der Waals surface area contributed by atoms with Crippen LogP contribution in [-0.4, -0.2) is 7.05 Å². The smallest absolute Gasteiger partial charge is 0.160 e. The van der Waals surface area contributed by atoms with Crippen LogP contribution in [0.2, 0.25) is 0 Å². The lowest BCUT2D eigenvalue weighted by Gasteiger charge is -2.19. The van der Waals surface area contributed by atoms with E-state index in [1.165, 1.54) is 18.2 Å². The molecule has 0 aliphatic carbocycles. The second-order valence-electron chi connectivity index (χ2n) is 3.63. The molecule has 0 bridgehead atoms. The van der Waals surface area contributed by atoms with Crippen molar-refractivity contribution in [2.45, 2.75) is 0 Å². The van der Waals surface area contributed by atoms with Crippen molar-refractivity contribution in [3.8, 4) is 0 Å². The number of anilines is 2. The number of rotatable bonds is 2. The number of hydrogen-bond acceptors (Lipinski definition) is 1. The van der Waals surface area contributed by atoms with E-state index in [9.17, 15) is 13.2 Å². The van der Waals surface area contributed by atoms with E-state index in [4.69, 9.17) is 0 Å². The number of halogens is 3. The van der Waals surface area contributed by atoms with Crippen LogP contribution in [0.15, 0.2) is 42.5 Å². The van der Waals surface area contributed by atoms with Gasteiger partial charge in [0.25, 0.3) is 0 Å². The quantitative estimate of drug-likeness (QED) is 0.766. The van der Waals surface area contributed by atoms with Crippen LogP contribution in [0, 0.1) is 17.5 Å². The van der Waals surface area contributed by atoms with E-state index in [0.29, 0.717) is 11.4 Å². The van der Waals surface area contributed by atoms with Gasteiger partial charge in [-0.3, -0.25) is 0 Å². The minimum Gasteiger partial charge on any atom is -0.345 e. The topological polar surface area (TPSA) is 3.24 Å². The van der Waals surface area contributed by atoms with Gasteiger partial charge in [0.05, 0.1) is 0 Å². The van der Waals surface area contributed by atoms with Crippen molar-refractivity contribution in [1.29, 1.82) is 0 Å². The zero-order chi connectivity index (χ0) is 12.4. The summed E-state index contributed by atoms with van der Waals surface area (Å²) in [4.78, 5) is 1.64. The molecule has 0 aliphatic rings. The van der Waals surface area contributed by atoms with Crippen LogP contribution in [-0.2, 0) is 0 Å². The molecule has 0 saturated carbocycles. The van der Waals surface area contributed by atoms with E-state index < -0.39 is 11.6 Å². The largest absolute Gasteiger partial charge is 0.345 e. The van der Waals surface area contributed by atoms with E-state index in [1.54, 1.807) is 24.1 Å². The van der Waals surface area contributed by atoms with Crippen molar-refractivity contribution in [2.24, 2.45) is 0 Å². The van der Waals surface area contributed by atoms with Crippen LogP contribution in [0.1, 0.15) is 0 Å². The summed E-state index contributed by atoms with van der Waals surface area (Å²) >= 11 is 0. The average Bonchev–Trinajstić information content (AvgIpc) is 2.33. The Labute approximate surface area is 97.1 Å². The number of nitrogens with zero attached hydrogens (tertiary/aromatic N) is 1. The van der Waals surface area contributed by atoms with Gasteiger partial charge >= 0.3 is 0 Å². The molecular weight excluding hydrogens is 227 g/mol. The molecular formula is C13H10F3N. The first-order valence-corrected chi connectivity index (χ1v) is 5.02. The normalized spacial score (nSPS) is 10.4. The highest BCUT2D eigenvalue weighted by Gasteiger charge is 2.07.